The molecule has 1 aromatic carbocycles. The number of ether oxygens (including phenoxy) is 1. The highest BCUT2D eigenvalue weighted by Crippen LogP contribution is 2.15. The van der Waals surface area contributed by atoms with Gasteiger partial charge < -0.3 is 10.1 Å². The van der Waals surface area contributed by atoms with Crippen molar-refractivity contribution in [1.29, 1.82) is 5.26 Å². The van der Waals surface area contributed by atoms with Crippen LogP contribution >= 0.6 is 0 Å². The van der Waals surface area contributed by atoms with E-state index in [9.17, 15) is 8.78 Å². The molecule has 2 rings (SSSR count). The maximum absolute atomic E-state index is 12.1. The van der Waals surface area contributed by atoms with Gasteiger partial charge in [0.25, 0.3) is 6.43 Å². The normalized spacial score (nSPS) is 10.2. The van der Waals surface area contributed by atoms with Gasteiger partial charge in [0.05, 0.1) is 11.6 Å². The summed E-state index contributed by atoms with van der Waals surface area (Å²) in [5, 5.41) is 11.9. The Morgan fingerprint density at radius 2 is 2.14 bits per heavy atom. The molecule has 1 N–H and O–H groups in total. The number of hydrogen-bond donors (Lipinski definition) is 1. The molecule has 0 atom stereocenters. The van der Waals surface area contributed by atoms with Crippen molar-refractivity contribution in [3.63, 3.8) is 0 Å². The minimum Gasteiger partial charge on any atom is -0.488 e. The highest BCUT2D eigenvalue weighted by Gasteiger charge is 2.04. The fraction of sp³-hybridized carbons (Fsp3) is 0.200. The van der Waals surface area contributed by atoms with E-state index in [0.717, 1.165) is 5.56 Å². The predicted octanol–water partition coefficient (Wildman–Crippen LogP) is 3.21. The number of hydrogen-bond acceptors (Lipinski definition) is 4. The number of rotatable bonds is 6. The minimum absolute atomic E-state index is 0.397. The summed E-state index contributed by atoms with van der Waals surface area (Å²) in [6.45, 7) is -0.170. The van der Waals surface area contributed by atoms with Crippen LogP contribution in [-0.4, -0.2) is 18.0 Å². The van der Waals surface area contributed by atoms with Gasteiger partial charge in [0, 0.05) is 12.7 Å². The second-order valence-electron chi connectivity index (χ2n) is 4.24. The summed E-state index contributed by atoms with van der Waals surface area (Å²) in [6, 6.07) is 12.2. The van der Waals surface area contributed by atoms with Crippen LogP contribution in [0.5, 0.6) is 5.75 Å². The van der Waals surface area contributed by atoms with Gasteiger partial charge in [-0.15, -0.1) is 0 Å². The summed E-state index contributed by atoms with van der Waals surface area (Å²) in [5.41, 5.74) is 1.38. The van der Waals surface area contributed by atoms with Gasteiger partial charge in [0.1, 0.15) is 18.2 Å². The van der Waals surface area contributed by atoms with Crippen LogP contribution in [0.1, 0.15) is 11.1 Å². The lowest BCUT2D eigenvalue weighted by Crippen LogP contribution is -2.07. The lowest BCUT2D eigenvalue weighted by molar-refractivity contribution is 0.0818. The predicted molar refractivity (Wildman–Crippen MR) is 74.2 cm³/mol. The largest absolute Gasteiger partial charge is 0.488 e. The van der Waals surface area contributed by atoms with Gasteiger partial charge in [-0.2, -0.15) is 5.26 Å². The average Bonchev–Trinajstić information content (AvgIpc) is 2.51. The number of nitrogens with one attached hydrogen (secondary N) is 1. The van der Waals surface area contributed by atoms with Crippen molar-refractivity contribution < 1.29 is 13.5 Å². The number of halogens is 2. The van der Waals surface area contributed by atoms with Crippen molar-refractivity contribution in [2.24, 2.45) is 0 Å². The summed E-state index contributed by atoms with van der Waals surface area (Å²) >= 11 is 0. The second kappa shape index (κ2) is 7.20. The number of anilines is 1. The zero-order valence-electron chi connectivity index (χ0n) is 11.1. The number of pyridine rings is 1. The monoisotopic (exact) mass is 289 g/mol. The first-order valence-electron chi connectivity index (χ1n) is 6.27. The number of alkyl halides is 2. The van der Waals surface area contributed by atoms with E-state index in [-0.39, 0.29) is 0 Å². The van der Waals surface area contributed by atoms with Gasteiger partial charge in [-0.1, -0.05) is 12.1 Å². The molecule has 1 aromatic heterocycles. The Balaban J connectivity index is 1.96. The molecule has 0 aliphatic heterocycles. The molecular weight excluding hydrogens is 276 g/mol. The highest BCUT2D eigenvalue weighted by atomic mass is 19.3. The Kier molecular flexibility index (Phi) is 5.04. The summed E-state index contributed by atoms with van der Waals surface area (Å²) in [6.07, 6.45) is -0.951. The second-order valence-corrected chi connectivity index (χ2v) is 4.24. The van der Waals surface area contributed by atoms with Crippen molar-refractivity contribution >= 4 is 5.82 Å². The van der Waals surface area contributed by atoms with Gasteiger partial charge in [0.15, 0.2) is 0 Å². The molecule has 108 valence electrons. The van der Waals surface area contributed by atoms with Crippen molar-refractivity contribution in [3.05, 3.63) is 53.7 Å². The van der Waals surface area contributed by atoms with Gasteiger partial charge >= 0.3 is 0 Å². The van der Waals surface area contributed by atoms with Crippen molar-refractivity contribution in [2.75, 3.05) is 11.9 Å². The molecule has 21 heavy (non-hydrogen) atoms. The number of nitrogens with zero attached hydrogens (tertiary/aromatic N) is 2. The fourth-order valence-corrected chi connectivity index (χ4v) is 1.69. The first-order valence-corrected chi connectivity index (χ1v) is 6.27. The molecule has 0 radical (unpaired) electrons. The molecule has 6 heteroatoms. The van der Waals surface area contributed by atoms with Gasteiger partial charge in [0.2, 0.25) is 0 Å². The van der Waals surface area contributed by atoms with Crippen LogP contribution in [0.4, 0.5) is 14.6 Å². The number of nitriles is 1. The fourth-order valence-electron chi connectivity index (χ4n) is 1.69. The van der Waals surface area contributed by atoms with E-state index in [2.05, 4.69) is 10.3 Å². The smallest absolute Gasteiger partial charge is 0.272 e. The Hall–Kier alpha value is -2.68. The van der Waals surface area contributed by atoms with Crippen molar-refractivity contribution in [3.8, 4) is 11.8 Å². The minimum atomic E-state index is -2.50. The number of aromatic nitrogens is 1. The Morgan fingerprint density at radius 1 is 1.29 bits per heavy atom. The number of benzene rings is 1. The lowest BCUT2D eigenvalue weighted by Gasteiger charge is -2.09. The topological polar surface area (TPSA) is 57.9 Å². The third-order valence-electron chi connectivity index (χ3n) is 2.64. The van der Waals surface area contributed by atoms with Crippen LogP contribution in [0.3, 0.4) is 0 Å². The summed E-state index contributed by atoms with van der Waals surface area (Å²) in [7, 11) is 0. The van der Waals surface area contributed by atoms with Gasteiger partial charge in [-0.3, -0.25) is 0 Å². The van der Waals surface area contributed by atoms with E-state index in [4.69, 9.17) is 10.00 Å². The molecule has 0 saturated carbocycles. The lowest BCUT2D eigenvalue weighted by atomic mass is 10.2. The molecule has 0 unspecified atom stereocenters. The molecule has 1 heterocycles. The summed E-state index contributed by atoms with van der Waals surface area (Å²) < 4.78 is 29.1. The Morgan fingerprint density at radius 3 is 2.90 bits per heavy atom. The summed E-state index contributed by atoms with van der Waals surface area (Å²) in [5.74, 6) is 0.973. The highest BCUT2D eigenvalue weighted by molar-refractivity contribution is 5.43. The van der Waals surface area contributed by atoms with E-state index in [1.165, 1.54) is 0 Å². The van der Waals surface area contributed by atoms with E-state index in [1.807, 2.05) is 12.1 Å². The third kappa shape index (κ3) is 4.73. The first-order chi connectivity index (χ1) is 10.2. The van der Waals surface area contributed by atoms with Crippen molar-refractivity contribution in [1.82, 2.24) is 4.98 Å². The van der Waals surface area contributed by atoms with Crippen LogP contribution in [0.15, 0.2) is 42.6 Å². The molecule has 2 aromatic rings. The standard InChI is InChI=1S/C15H13F2N3O/c16-14(17)10-21-13-3-1-2-12(6-13)9-20-15-7-11(8-18)4-5-19-15/h1-7,14H,9-10H2,(H,19,20). The molecule has 0 fully saturated rings. The molecule has 0 amide bonds. The molecule has 0 saturated heterocycles. The molecular formula is C15H13F2N3O. The van der Waals surface area contributed by atoms with Crippen LogP contribution in [0.25, 0.3) is 0 Å². The van der Waals surface area contributed by atoms with Crippen LogP contribution in [0.2, 0.25) is 0 Å². The van der Waals surface area contributed by atoms with E-state index in [1.54, 1.807) is 36.5 Å². The maximum Gasteiger partial charge on any atom is 0.272 e. The molecule has 0 aliphatic carbocycles. The SMILES string of the molecule is N#Cc1ccnc(NCc2cccc(OCC(F)F)c2)c1. The quantitative estimate of drug-likeness (QED) is 0.887. The van der Waals surface area contributed by atoms with Crippen LogP contribution in [-0.2, 0) is 6.54 Å². The van der Waals surface area contributed by atoms with Crippen molar-refractivity contribution in [2.45, 2.75) is 13.0 Å². The summed E-state index contributed by atoms with van der Waals surface area (Å²) in [4.78, 5) is 4.09. The van der Waals surface area contributed by atoms with E-state index < -0.39 is 13.0 Å². The Bertz CT molecular complexity index is 641. The third-order valence-corrected chi connectivity index (χ3v) is 2.64. The van der Waals surface area contributed by atoms with Crippen LogP contribution in [0, 0.1) is 11.3 Å². The van der Waals surface area contributed by atoms with Gasteiger partial charge in [-0.25, -0.2) is 13.8 Å². The first kappa shape index (κ1) is 14.7. The average molecular weight is 289 g/mol. The molecule has 0 spiro atoms. The molecule has 0 bridgehead atoms. The van der Waals surface area contributed by atoms with E-state index in [0.29, 0.717) is 23.7 Å². The zero-order chi connectivity index (χ0) is 15.1. The maximum atomic E-state index is 12.1. The van der Waals surface area contributed by atoms with E-state index >= 15 is 0 Å². The molecule has 4 nitrogen and oxygen atoms in total. The zero-order valence-corrected chi connectivity index (χ0v) is 11.1. The van der Waals surface area contributed by atoms with Gasteiger partial charge in [-0.05, 0) is 29.8 Å². The molecule has 0 aliphatic rings. The Labute approximate surface area is 121 Å². The van der Waals surface area contributed by atoms with Crippen LogP contribution < -0.4 is 10.1 Å².